The summed E-state index contributed by atoms with van der Waals surface area (Å²) in [5.41, 5.74) is 6.77. The zero-order valence-corrected chi connectivity index (χ0v) is 26.9. The first kappa shape index (κ1) is 33.1. The van der Waals surface area contributed by atoms with Crippen LogP contribution in [0.25, 0.3) is 0 Å². The highest BCUT2D eigenvalue weighted by atomic mass is 19.3. The molecule has 252 valence electrons. The van der Waals surface area contributed by atoms with Gasteiger partial charge in [0.2, 0.25) is 17.7 Å². The topological polar surface area (TPSA) is 120 Å². The first-order chi connectivity index (χ1) is 23.0. The minimum atomic E-state index is -2.82. The lowest BCUT2D eigenvalue weighted by Gasteiger charge is -2.42. The molecule has 3 N–H and O–H groups in total. The second-order valence-corrected chi connectivity index (χ2v) is 13.0. The van der Waals surface area contributed by atoms with Crippen molar-refractivity contribution in [1.29, 1.82) is 0 Å². The number of hydrogen-bond acceptors (Lipinski definition) is 7. The Hall–Kier alpha value is -4.77. The average Bonchev–Trinajstić information content (AvgIpc) is 3.09. The van der Waals surface area contributed by atoms with Crippen LogP contribution in [0.4, 0.5) is 14.5 Å². The Morgan fingerprint density at radius 2 is 1.71 bits per heavy atom. The molecular formula is C37H40F2N4O5. The van der Waals surface area contributed by atoms with Gasteiger partial charge in [-0.25, -0.2) is 13.8 Å². The number of nitrogens with two attached hydrogens (primary N) is 1. The molecule has 2 fully saturated rings. The molecule has 2 aliphatic rings. The molecule has 0 bridgehead atoms. The van der Waals surface area contributed by atoms with Crippen molar-refractivity contribution in [2.45, 2.75) is 69.6 Å². The summed E-state index contributed by atoms with van der Waals surface area (Å²) in [5, 5.41) is 11.4. The predicted molar refractivity (Wildman–Crippen MR) is 177 cm³/mol. The van der Waals surface area contributed by atoms with E-state index in [4.69, 9.17) is 15.2 Å². The first-order valence-electron chi connectivity index (χ1n) is 16.2. The summed E-state index contributed by atoms with van der Waals surface area (Å²) < 4.78 is 42.0. The van der Waals surface area contributed by atoms with E-state index >= 15 is 0 Å². The number of likely N-dealkylation sites (tertiary alicyclic amines) is 1. The lowest BCUT2D eigenvalue weighted by Crippen LogP contribution is -2.52. The van der Waals surface area contributed by atoms with Gasteiger partial charge in [0.15, 0.2) is 5.69 Å². The third-order valence-corrected chi connectivity index (χ3v) is 9.49. The predicted octanol–water partition coefficient (Wildman–Crippen LogP) is 6.08. The van der Waals surface area contributed by atoms with E-state index in [1.54, 1.807) is 41.3 Å². The van der Waals surface area contributed by atoms with Gasteiger partial charge in [-0.05, 0) is 48.9 Å². The van der Waals surface area contributed by atoms with Crippen molar-refractivity contribution in [3.8, 4) is 17.4 Å². The van der Waals surface area contributed by atoms with E-state index in [1.807, 2.05) is 49.4 Å². The van der Waals surface area contributed by atoms with Gasteiger partial charge in [0.25, 0.3) is 5.56 Å². The normalized spacial score (nSPS) is 20.2. The van der Waals surface area contributed by atoms with Crippen LogP contribution in [-0.2, 0) is 17.9 Å². The third kappa shape index (κ3) is 7.52. The van der Waals surface area contributed by atoms with Crippen molar-refractivity contribution in [3.05, 3.63) is 112 Å². The smallest absolute Gasteiger partial charge is 0.280 e. The number of halogens is 2. The number of benzene rings is 3. The summed E-state index contributed by atoms with van der Waals surface area (Å²) in [4.78, 5) is 32.8. The number of aliphatic hydroxyl groups is 1. The number of alkyl halides is 2. The highest BCUT2D eigenvalue weighted by Gasteiger charge is 2.46. The number of nitrogen functional groups attached to an aromatic ring is 1. The molecule has 0 spiro atoms. The zero-order valence-electron chi connectivity index (χ0n) is 26.9. The molecule has 1 saturated heterocycles. The lowest BCUT2D eigenvalue weighted by atomic mass is 9.73. The van der Waals surface area contributed by atoms with E-state index in [-0.39, 0.29) is 69.2 Å². The van der Waals surface area contributed by atoms with Crippen molar-refractivity contribution < 1.29 is 28.2 Å². The number of carbonyl (C=O) groups is 1. The van der Waals surface area contributed by atoms with Crippen LogP contribution in [0.2, 0.25) is 0 Å². The van der Waals surface area contributed by atoms with E-state index in [0.717, 1.165) is 16.7 Å². The van der Waals surface area contributed by atoms with Crippen molar-refractivity contribution in [2.75, 3.05) is 18.8 Å². The minimum Gasteiger partial charge on any atom is -0.488 e. The Morgan fingerprint density at radius 3 is 2.42 bits per heavy atom. The third-order valence-electron chi connectivity index (χ3n) is 9.49. The number of nitrogens with zero attached hydrogens (tertiary/aromatic N) is 3. The summed E-state index contributed by atoms with van der Waals surface area (Å²) in [5.74, 6) is -3.17. The van der Waals surface area contributed by atoms with Gasteiger partial charge < -0.3 is 25.2 Å². The van der Waals surface area contributed by atoms with Crippen molar-refractivity contribution in [3.63, 3.8) is 0 Å². The number of carbonyl (C=O) groups excluding carboxylic acids is 1. The molecule has 1 aliphatic heterocycles. The van der Waals surface area contributed by atoms with E-state index in [2.05, 4.69) is 4.98 Å². The lowest BCUT2D eigenvalue weighted by molar-refractivity contribution is -0.145. The molecule has 9 nitrogen and oxygen atoms in total. The molecule has 2 atom stereocenters. The summed E-state index contributed by atoms with van der Waals surface area (Å²) in [6.45, 7) is 2.71. The number of piperidine rings is 1. The molecule has 11 heteroatoms. The van der Waals surface area contributed by atoms with Crippen LogP contribution in [0, 0.1) is 12.8 Å². The fraction of sp³-hybridized carbons (Fsp3) is 0.378. The maximum Gasteiger partial charge on any atom is 0.280 e. The summed E-state index contributed by atoms with van der Waals surface area (Å²) >= 11 is 0. The molecule has 0 radical (unpaired) electrons. The second kappa shape index (κ2) is 13.8. The average molecular weight is 659 g/mol. The zero-order chi connectivity index (χ0) is 33.9. The van der Waals surface area contributed by atoms with Gasteiger partial charge >= 0.3 is 0 Å². The van der Waals surface area contributed by atoms with Gasteiger partial charge in [-0.2, -0.15) is 0 Å². The quantitative estimate of drug-likeness (QED) is 0.224. The Balaban J connectivity index is 1.08. The van der Waals surface area contributed by atoms with Crippen LogP contribution in [0.3, 0.4) is 0 Å². The first-order valence-corrected chi connectivity index (χ1v) is 16.2. The number of rotatable bonds is 9. The highest BCUT2D eigenvalue weighted by Crippen LogP contribution is 2.46. The molecule has 1 amide bonds. The van der Waals surface area contributed by atoms with Crippen LogP contribution < -0.4 is 20.8 Å². The molecular weight excluding hydrogens is 618 g/mol. The SMILES string of the molecule is Cc1ccc(Oc2ncn(CC3(O)CCN(C(=O)[C@@H]4CCC(F)(F)C[C@H]4c4ccccc4)CC3)c(=O)c2N)cc1OCc1ccccc1. The Labute approximate surface area is 277 Å². The Morgan fingerprint density at radius 1 is 1.02 bits per heavy atom. The summed E-state index contributed by atoms with van der Waals surface area (Å²) in [6, 6.07) is 24.1. The number of ether oxygens (including phenoxy) is 2. The molecule has 1 saturated carbocycles. The van der Waals surface area contributed by atoms with Gasteiger partial charge in [0, 0.05) is 43.8 Å². The molecule has 0 unspecified atom stereocenters. The maximum absolute atomic E-state index is 14.4. The number of aromatic nitrogens is 2. The largest absolute Gasteiger partial charge is 0.488 e. The van der Waals surface area contributed by atoms with Crippen LogP contribution in [0.1, 0.15) is 54.7 Å². The van der Waals surface area contributed by atoms with Gasteiger partial charge in [-0.1, -0.05) is 66.7 Å². The minimum absolute atomic E-state index is 0.0625. The van der Waals surface area contributed by atoms with Crippen LogP contribution in [0.5, 0.6) is 17.4 Å². The van der Waals surface area contributed by atoms with E-state index < -0.39 is 28.9 Å². The van der Waals surface area contributed by atoms with Gasteiger partial charge in [-0.15, -0.1) is 0 Å². The van der Waals surface area contributed by atoms with E-state index in [0.29, 0.717) is 18.1 Å². The Bertz CT molecular complexity index is 1790. The summed E-state index contributed by atoms with van der Waals surface area (Å²) in [7, 11) is 0. The molecule has 1 aliphatic carbocycles. The molecule has 3 aromatic carbocycles. The number of amides is 1. The van der Waals surface area contributed by atoms with E-state index in [9.17, 15) is 23.5 Å². The van der Waals surface area contributed by atoms with Crippen LogP contribution >= 0.6 is 0 Å². The number of aryl methyl sites for hydroxylation is 1. The molecule has 2 heterocycles. The standard InChI is InChI=1S/C37H40F2N4O5/c1-25-12-13-28(20-31(25)47-22-26-8-4-2-5-9-26)48-33-32(40)35(45)43(24-41-33)23-36(46)16-18-42(19-17-36)34(44)29-14-15-37(38,39)21-30(29)27-10-6-3-7-11-27/h2-13,20,24,29-30,46H,14-19,21-23,40H2,1H3/t29-,30+/m1/s1. The maximum atomic E-state index is 14.4. The molecule has 1 aromatic heterocycles. The van der Waals surface area contributed by atoms with Crippen LogP contribution in [0.15, 0.2) is 90.0 Å². The van der Waals surface area contributed by atoms with Crippen molar-refractivity contribution in [1.82, 2.24) is 14.5 Å². The molecule has 6 rings (SSSR count). The fourth-order valence-corrected chi connectivity index (χ4v) is 6.66. The van der Waals surface area contributed by atoms with Gasteiger partial charge in [0.1, 0.15) is 24.4 Å². The van der Waals surface area contributed by atoms with E-state index in [1.165, 1.54) is 10.9 Å². The molecule has 48 heavy (non-hydrogen) atoms. The van der Waals surface area contributed by atoms with Gasteiger partial charge in [-0.3, -0.25) is 14.2 Å². The van der Waals surface area contributed by atoms with Crippen molar-refractivity contribution >= 4 is 11.6 Å². The van der Waals surface area contributed by atoms with Crippen LogP contribution in [-0.4, -0.2) is 50.1 Å². The monoisotopic (exact) mass is 658 g/mol. The number of hydrogen-bond donors (Lipinski definition) is 2. The molecule has 4 aromatic rings. The Kier molecular flexibility index (Phi) is 9.50. The van der Waals surface area contributed by atoms with Gasteiger partial charge in [0.05, 0.1) is 12.1 Å². The highest BCUT2D eigenvalue weighted by molar-refractivity contribution is 5.80. The second-order valence-electron chi connectivity index (χ2n) is 13.0. The fourth-order valence-electron chi connectivity index (χ4n) is 6.66. The summed E-state index contributed by atoms with van der Waals surface area (Å²) in [6.07, 6.45) is 1.11. The van der Waals surface area contributed by atoms with Crippen molar-refractivity contribution in [2.24, 2.45) is 5.92 Å². The number of anilines is 1.